The van der Waals surface area contributed by atoms with Crippen LogP contribution in [-0.2, 0) is 14.3 Å². The second-order valence-corrected chi connectivity index (χ2v) is 4.31. The molecule has 0 heterocycles. The molecule has 0 aliphatic carbocycles. The van der Waals surface area contributed by atoms with E-state index in [1.54, 1.807) is 6.92 Å². The minimum Gasteiger partial charge on any atom is -0.463 e. The molecule has 0 saturated carbocycles. The molecule has 0 aromatic rings. The zero-order valence-corrected chi connectivity index (χ0v) is 11.5. The third-order valence-corrected chi connectivity index (χ3v) is 2.65. The molecule has 0 atom stereocenters. The lowest BCUT2D eigenvalue weighted by atomic mass is 10.0. The number of hydrogen-bond donors (Lipinski definition) is 1. The Morgan fingerprint density at radius 2 is 1.67 bits per heavy atom. The summed E-state index contributed by atoms with van der Waals surface area (Å²) in [6.07, 6.45) is 8.57. The molecule has 0 aromatic heterocycles. The average Bonchev–Trinajstić information content (AvgIpc) is 2.32. The smallest absolute Gasteiger partial charge is 0.334 e. The number of nitrogens with two attached hydrogens (primary N) is 1. The van der Waals surface area contributed by atoms with Crippen molar-refractivity contribution in [3.05, 3.63) is 11.6 Å². The summed E-state index contributed by atoms with van der Waals surface area (Å²) in [5.74, 6) is -1.02. The van der Waals surface area contributed by atoms with E-state index in [1.165, 1.54) is 31.8 Å². The number of hydrogen-bond acceptors (Lipinski definition) is 3. The highest BCUT2D eigenvalue weighted by Crippen LogP contribution is 2.13. The largest absolute Gasteiger partial charge is 0.463 e. The highest BCUT2D eigenvalue weighted by Gasteiger charge is 2.11. The lowest BCUT2D eigenvalue weighted by Gasteiger charge is -2.06. The fraction of sp³-hybridized carbons (Fsp3) is 0.714. The van der Waals surface area contributed by atoms with Crippen LogP contribution in [0.5, 0.6) is 0 Å². The quantitative estimate of drug-likeness (QED) is 0.371. The molecule has 1 amide bonds. The number of unbranched alkanes of at least 4 members (excludes halogenated alkanes) is 5. The van der Waals surface area contributed by atoms with Gasteiger partial charge in [0.2, 0.25) is 5.91 Å². The predicted molar refractivity (Wildman–Crippen MR) is 71.9 cm³/mol. The highest BCUT2D eigenvalue weighted by atomic mass is 16.5. The first kappa shape index (κ1) is 16.7. The van der Waals surface area contributed by atoms with Crippen LogP contribution in [0.1, 0.15) is 58.8 Å². The van der Waals surface area contributed by atoms with Crippen LogP contribution in [0.4, 0.5) is 0 Å². The summed E-state index contributed by atoms with van der Waals surface area (Å²) in [5, 5.41) is 0. The molecule has 0 spiro atoms. The molecule has 18 heavy (non-hydrogen) atoms. The first-order chi connectivity index (χ1) is 8.61. The maximum atomic E-state index is 11.5. The molecular formula is C14H25NO3. The summed E-state index contributed by atoms with van der Waals surface area (Å²) in [6.45, 7) is 4.23. The van der Waals surface area contributed by atoms with Crippen molar-refractivity contribution >= 4 is 11.9 Å². The summed E-state index contributed by atoms with van der Waals surface area (Å²) in [6, 6.07) is 0. The van der Waals surface area contributed by atoms with Gasteiger partial charge in [0.15, 0.2) is 0 Å². The topological polar surface area (TPSA) is 69.4 Å². The summed E-state index contributed by atoms with van der Waals surface area (Å²) in [5.41, 5.74) is 5.46. The van der Waals surface area contributed by atoms with Crippen LogP contribution in [0.2, 0.25) is 0 Å². The third kappa shape index (κ3) is 8.79. The first-order valence-electron chi connectivity index (χ1n) is 6.78. The van der Waals surface area contributed by atoms with Crippen molar-refractivity contribution in [3.8, 4) is 0 Å². The Bertz CT molecular complexity index is 285. The van der Waals surface area contributed by atoms with Crippen LogP contribution in [0.25, 0.3) is 0 Å². The summed E-state index contributed by atoms with van der Waals surface area (Å²) >= 11 is 0. The predicted octanol–water partition coefficient (Wildman–Crippen LogP) is 2.71. The van der Waals surface area contributed by atoms with Gasteiger partial charge in [0, 0.05) is 11.6 Å². The van der Waals surface area contributed by atoms with Gasteiger partial charge >= 0.3 is 5.97 Å². The molecule has 2 N–H and O–H groups in total. The third-order valence-electron chi connectivity index (χ3n) is 2.65. The molecule has 0 unspecified atom stereocenters. The van der Waals surface area contributed by atoms with Gasteiger partial charge in [-0.1, -0.05) is 39.0 Å². The molecule has 0 rings (SSSR count). The van der Waals surface area contributed by atoms with E-state index in [4.69, 9.17) is 10.5 Å². The van der Waals surface area contributed by atoms with Crippen LogP contribution >= 0.6 is 0 Å². The first-order valence-corrected chi connectivity index (χ1v) is 6.78. The normalized spacial score (nSPS) is 11.3. The van der Waals surface area contributed by atoms with Gasteiger partial charge in [-0.25, -0.2) is 4.79 Å². The molecule has 0 bridgehead atoms. The number of ether oxygens (including phenoxy) is 1. The molecule has 104 valence electrons. The maximum Gasteiger partial charge on any atom is 0.334 e. The van der Waals surface area contributed by atoms with Crippen LogP contribution in [0, 0.1) is 0 Å². The van der Waals surface area contributed by atoms with Crippen LogP contribution in [0.15, 0.2) is 11.6 Å². The van der Waals surface area contributed by atoms with Crippen LogP contribution < -0.4 is 5.73 Å². The van der Waals surface area contributed by atoms with Crippen molar-refractivity contribution in [2.24, 2.45) is 5.73 Å². The van der Waals surface area contributed by atoms with Crippen molar-refractivity contribution < 1.29 is 14.3 Å². The van der Waals surface area contributed by atoms with Gasteiger partial charge in [0.05, 0.1) is 6.61 Å². The Morgan fingerprint density at radius 3 is 2.22 bits per heavy atom. The standard InChI is InChI=1S/C14H25NO3/c1-3-5-6-7-8-9-10-12(11-13(15)16)14(17)18-4-2/h11H,3-10H2,1-2H3,(H2,15,16). The van der Waals surface area contributed by atoms with Gasteiger partial charge in [-0.3, -0.25) is 4.79 Å². The summed E-state index contributed by atoms with van der Waals surface area (Å²) < 4.78 is 4.89. The van der Waals surface area contributed by atoms with Crippen molar-refractivity contribution in [3.63, 3.8) is 0 Å². The molecule has 0 aliphatic heterocycles. The Hall–Kier alpha value is -1.32. The van der Waals surface area contributed by atoms with Gasteiger partial charge in [-0.2, -0.15) is 0 Å². The van der Waals surface area contributed by atoms with Gasteiger partial charge < -0.3 is 10.5 Å². The van der Waals surface area contributed by atoms with E-state index >= 15 is 0 Å². The fourth-order valence-corrected chi connectivity index (χ4v) is 1.72. The second kappa shape index (κ2) is 10.8. The second-order valence-electron chi connectivity index (χ2n) is 4.31. The fourth-order valence-electron chi connectivity index (χ4n) is 1.72. The van der Waals surface area contributed by atoms with Gasteiger partial charge in [-0.05, 0) is 19.8 Å². The van der Waals surface area contributed by atoms with E-state index in [9.17, 15) is 9.59 Å². The lowest BCUT2D eigenvalue weighted by Crippen LogP contribution is -2.13. The van der Waals surface area contributed by atoms with E-state index in [-0.39, 0.29) is 0 Å². The monoisotopic (exact) mass is 255 g/mol. The molecule has 0 aromatic carbocycles. The molecule has 0 radical (unpaired) electrons. The van der Waals surface area contributed by atoms with Crippen molar-refractivity contribution in [1.82, 2.24) is 0 Å². The van der Waals surface area contributed by atoms with Gasteiger partial charge in [-0.15, -0.1) is 0 Å². The minimum atomic E-state index is -0.593. The SMILES string of the molecule is CCCCCCCCC(=CC(N)=O)C(=O)OCC. The molecular weight excluding hydrogens is 230 g/mol. The van der Waals surface area contributed by atoms with Crippen LogP contribution in [-0.4, -0.2) is 18.5 Å². The number of primary amides is 1. The van der Waals surface area contributed by atoms with E-state index in [0.717, 1.165) is 12.8 Å². The van der Waals surface area contributed by atoms with E-state index in [0.29, 0.717) is 18.6 Å². The number of carbonyl (C=O) groups is 2. The summed E-state index contributed by atoms with van der Waals surface area (Å²) in [4.78, 5) is 22.4. The zero-order valence-electron chi connectivity index (χ0n) is 11.5. The number of amides is 1. The number of carbonyl (C=O) groups excluding carboxylic acids is 2. The highest BCUT2D eigenvalue weighted by molar-refractivity contribution is 5.97. The number of rotatable bonds is 10. The van der Waals surface area contributed by atoms with Crippen LogP contribution in [0.3, 0.4) is 0 Å². The molecule has 4 nitrogen and oxygen atoms in total. The Morgan fingerprint density at radius 1 is 1.06 bits per heavy atom. The van der Waals surface area contributed by atoms with E-state index in [1.807, 2.05) is 0 Å². The Labute approximate surface area is 110 Å². The number of esters is 1. The van der Waals surface area contributed by atoms with Gasteiger partial charge in [0.25, 0.3) is 0 Å². The van der Waals surface area contributed by atoms with Crippen molar-refractivity contribution in [2.75, 3.05) is 6.61 Å². The zero-order chi connectivity index (χ0) is 13.8. The Kier molecular flexibility index (Phi) is 10.0. The van der Waals surface area contributed by atoms with Crippen molar-refractivity contribution in [1.29, 1.82) is 0 Å². The van der Waals surface area contributed by atoms with E-state index < -0.39 is 11.9 Å². The minimum absolute atomic E-state index is 0.311. The molecule has 0 saturated heterocycles. The molecule has 0 aliphatic rings. The molecule has 0 fully saturated rings. The maximum absolute atomic E-state index is 11.5. The van der Waals surface area contributed by atoms with Gasteiger partial charge in [0.1, 0.15) is 0 Å². The Balaban J connectivity index is 4.03. The average molecular weight is 255 g/mol. The summed E-state index contributed by atoms with van der Waals surface area (Å²) in [7, 11) is 0. The van der Waals surface area contributed by atoms with Crippen molar-refractivity contribution in [2.45, 2.75) is 58.8 Å². The molecule has 4 heteroatoms. The van der Waals surface area contributed by atoms with E-state index in [2.05, 4.69) is 6.92 Å². The lowest BCUT2D eigenvalue weighted by molar-refractivity contribution is -0.138.